The molecule has 0 amide bonds. The molecule has 0 radical (unpaired) electrons. The van der Waals surface area contributed by atoms with Gasteiger partial charge in [0.15, 0.2) is 0 Å². The zero-order valence-electron chi connectivity index (χ0n) is 10.9. The van der Waals surface area contributed by atoms with Gasteiger partial charge in [0.05, 0.1) is 16.8 Å². The molecule has 1 N–H and O–H groups in total. The lowest BCUT2D eigenvalue weighted by Crippen LogP contribution is -2.30. The summed E-state index contributed by atoms with van der Waals surface area (Å²) in [6, 6.07) is 1.41. The molecular formula is C14H18ClNO3. The molecule has 19 heavy (non-hydrogen) atoms. The number of aromatic nitrogens is 1. The minimum atomic E-state index is -1.06. The van der Waals surface area contributed by atoms with Gasteiger partial charge in [-0.15, -0.1) is 0 Å². The Kier molecular flexibility index (Phi) is 4.64. The first-order valence-corrected chi connectivity index (χ1v) is 7.05. The van der Waals surface area contributed by atoms with Crippen molar-refractivity contribution < 1.29 is 14.6 Å². The van der Waals surface area contributed by atoms with Crippen LogP contribution in [0, 0.1) is 5.92 Å². The summed E-state index contributed by atoms with van der Waals surface area (Å²) in [5.74, 6) is -0.181. The van der Waals surface area contributed by atoms with Crippen LogP contribution in [0.3, 0.4) is 0 Å². The number of hydrogen-bond acceptors (Lipinski definition) is 3. The van der Waals surface area contributed by atoms with Crippen LogP contribution in [0.2, 0.25) is 5.02 Å². The number of nitrogens with zero attached hydrogens (tertiary/aromatic N) is 1. The van der Waals surface area contributed by atoms with Crippen molar-refractivity contribution >= 4 is 17.6 Å². The van der Waals surface area contributed by atoms with E-state index in [0.29, 0.717) is 11.8 Å². The number of aromatic carboxylic acids is 1. The fourth-order valence-electron chi connectivity index (χ4n) is 2.60. The third kappa shape index (κ3) is 3.38. The van der Waals surface area contributed by atoms with Gasteiger partial charge in [-0.25, -0.2) is 9.78 Å². The van der Waals surface area contributed by atoms with Crippen LogP contribution in [0.25, 0.3) is 0 Å². The van der Waals surface area contributed by atoms with Crippen LogP contribution in [0.1, 0.15) is 49.4 Å². The molecule has 1 aliphatic rings. The first-order valence-electron chi connectivity index (χ1n) is 6.67. The SMILES string of the molecule is CCC1CCCCC1Oc1cc(C(=O)O)c(Cl)cn1. The third-order valence-corrected chi connectivity index (χ3v) is 4.00. The molecule has 1 fully saturated rings. The average molecular weight is 284 g/mol. The number of hydrogen-bond donors (Lipinski definition) is 1. The minimum Gasteiger partial charge on any atom is -0.478 e. The van der Waals surface area contributed by atoms with Crippen molar-refractivity contribution in [3.8, 4) is 5.88 Å². The molecule has 2 atom stereocenters. The van der Waals surface area contributed by atoms with E-state index in [2.05, 4.69) is 11.9 Å². The predicted octanol–water partition coefficient (Wildman–Crippen LogP) is 3.78. The van der Waals surface area contributed by atoms with Gasteiger partial charge >= 0.3 is 5.97 Å². The maximum atomic E-state index is 11.0. The van der Waals surface area contributed by atoms with Crippen LogP contribution in [0.15, 0.2) is 12.3 Å². The Bertz CT molecular complexity index is 464. The first-order chi connectivity index (χ1) is 9.11. The van der Waals surface area contributed by atoms with Gasteiger partial charge in [0.2, 0.25) is 5.88 Å². The average Bonchev–Trinajstić information content (AvgIpc) is 2.41. The van der Waals surface area contributed by atoms with Crippen LogP contribution in [0.5, 0.6) is 5.88 Å². The predicted molar refractivity (Wildman–Crippen MR) is 72.9 cm³/mol. The molecule has 1 saturated carbocycles. The number of carboxylic acid groups (broad SMARTS) is 1. The molecular weight excluding hydrogens is 266 g/mol. The Balaban J connectivity index is 2.14. The van der Waals surface area contributed by atoms with Gasteiger partial charge in [0.1, 0.15) is 6.10 Å². The monoisotopic (exact) mass is 283 g/mol. The number of ether oxygens (including phenoxy) is 1. The van der Waals surface area contributed by atoms with Gasteiger partial charge in [-0.1, -0.05) is 24.9 Å². The molecule has 0 spiro atoms. The van der Waals surface area contributed by atoms with Gasteiger partial charge in [0.25, 0.3) is 0 Å². The highest BCUT2D eigenvalue weighted by Crippen LogP contribution is 2.30. The topological polar surface area (TPSA) is 59.4 Å². The van der Waals surface area contributed by atoms with E-state index in [-0.39, 0.29) is 16.7 Å². The van der Waals surface area contributed by atoms with E-state index in [0.717, 1.165) is 19.3 Å². The molecule has 1 aromatic rings. The molecule has 0 bridgehead atoms. The van der Waals surface area contributed by atoms with E-state index in [1.165, 1.54) is 25.1 Å². The molecule has 104 valence electrons. The molecule has 5 heteroatoms. The summed E-state index contributed by atoms with van der Waals surface area (Å²) in [5.41, 5.74) is 0.0375. The Morgan fingerprint density at radius 1 is 1.53 bits per heavy atom. The Labute approximate surface area is 117 Å². The second kappa shape index (κ2) is 6.24. The van der Waals surface area contributed by atoms with Crippen molar-refractivity contribution in [2.75, 3.05) is 0 Å². The first kappa shape index (κ1) is 14.1. The van der Waals surface area contributed by atoms with E-state index in [4.69, 9.17) is 21.4 Å². The number of carbonyl (C=O) groups is 1. The molecule has 0 saturated heterocycles. The van der Waals surface area contributed by atoms with Gasteiger partial charge in [-0.05, 0) is 31.6 Å². The molecule has 2 unspecified atom stereocenters. The molecule has 0 aromatic carbocycles. The van der Waals surface area contributed by atoms with Crippen LogP contribution in [0.4, 0.5) is 0 Å². The van der Waals surface area contributed by atoms with Gasteiger partial charge in [0, 0.05) is 6.07 Å². The van der Waals surface area contributed by atoms with Gasteiger partial charge in [-0.2, -0.15) is 0 Å². The molecule has 1 aliphatic carbocycles. The van der Waals surface area contributed by atoms with Crippen molar-refractivity contribution in [2.45, 2.75) is 45.1 Å². The lowest BCUT2D eigenvalue weighted by atomic mass is 9.85. The van der Waals surface area contributed by atoms with Crippen LogP contribution < -0.4 is 4.74 Å². The number of carboxylic acids is 1. The van der Waals surface area contributed by atoms with Crippen LogP contribution in [-0.2, 0) is 0 Å². The highest BCUT2D eigenvalue weighted by Gasteiger charge is 2.26. The summed E-state index contributed by atoms with van der Waals surface area (Å²) in [4.78, 5) is 15.1. The molecule has 4 nitrogen and oxygen atoms in total. The Morgan fingerprint density at radius 2 is 2.26 bits per heavy atom. The van der Waals surface area contributed by atoms with Crippen LogP contribution >= 0.6 is 11.6 Å². The number of rotatable bonds is 4. The highest BCUT2D eigenvalue weighted by molar-refractivity contribution is 6.33. The molecule has 2 rings (SSSR count). The van der Waals surface area contributed by atoms with Crippen molar-refractivity contribution in [2.24, 2.45) is 5.92 Å². The Morgan fingerprint density at radius 3 is 2.95 bits per heavy atom. The van der Waals surface area contributed by atoms with E-state index in [1.807, 2.05) is 0 Å². The van der Waals surface area contributed by atoms with E-state index in [9.17, 15) is 4.79 Å². The molecule has 0 aliphatic heterocycles. The maximum absolute atomic E-state index is 11.0. The van der Waals surface area contributed by atoms with E-state index in [1.54, 1.807) is 0 Å². The normalized spacial score (nSPS) is 23.1. The second-order valence-corrected chi connectivity index (χ2v) is 5.32. The largest absolute Gasteiger partial charge is 0.478 e. The second-order valence-electron chi connectivity index (χ2n) is 4.92. The minimum absolute atomic E-state index is 0.0375. The van der Waals surface area contributed by atoms with Gasteiger partial charge < -0.3 is 9.84 Å². The zero-order valence-corrected chi connectivity index (χ0v) is 11.7. The van der Waals surface area contributed by atoms with E-state index < -0.39 is 5.97 Å². The number of pyridine rings is 1. The van der Waals surface area contributed by atoms with Crippen molar-refractivity contribution in [1.82, 2.24) is 4.98 Å². The fraction of sp³-hybridized carbons (Fsp3) is 0.571. The highest BCUT2D eigenvalue weighted by atomic mass is 35.5. The lowest BCUT2D eigenvalue weighted by molar-refractivity contribution is 0.0691. The van der Waals surface area contributed by atoms with Crippen molar-refractivity contribution in [3.63, 3.8) is 0 Å². The quantitative estimate of drug-likeness (QED) is 0.913. The van der Waals surface area contributed by atoms with Gasteiger partial charge in [-0.3, -0.25) is 0 Å². The lowest BCUT2D eigenvalue weighted by Gasteiger charge is -2.30. The zero-order chi connectivity index (χ0) is 13.8. The summed E-state index contributed by atoms with van der Waals surface area (Å²) < 4.78 is 5.87. The van der Waals surface area contributed by atoms with Crippen molar-refractivity contribution in [1.29, 1.82) is 0 Å². The smallest absolute Gasteiger partial charge is 0.337 e. The standard InChI is InChI=1S/C14H18ClNO3/c1-2-9-5-3-4-6-12(9)19-13-7-10(14(17)18)11(15)8-16-13/h7-9,12H,2-6H2,1H3,(H,17,18). The third-order valence-electron chi connectivity index (χ3n) is 3.70. The number of halogens is 1. The van der Waals surface area contributed by atoms with Crippen LogP contribution in [-0.4, -0.2) is 22.2 Å². The Hall–Kier alpha value is -1.29. The fourth-order valence-corrected chi connectivity index (χ4v) is 2.78. The summed E-state index contributed by atoms with van der Waals surface area (Å²) in [5, 5.41) is 9.16. The molecule has 1 heterocycles. The summed E-state index contributed by atoms with van der Waals surface area (Å²) in [6.07, 6.45) is 7.11. The summed E-state index contributed by atoms with van der Waals surface area (Å²) in [6.45, 7) is 2.16. The summed E-state index contributed by atoms with van der Waals surface area (Å²) >= 11 is 5.79. The van der Waals surface area contributed by atoms with Crippen molar-refractivity contribution in [3.05, 3.63) is 22.8 Å². The summed E-state index contributed by atoms with van der Waals surface area (Å²) in [7, 11) is 0. The maximum Gasteiger partial charge on any atom is 0.337 e. The molecule has 1 aromatic heterocycles. The van der Waals surface area contributed by atoms with E-state index >= 15 is 0 Å².